The van der Waals surface area contributed by atoms with Crippen LogP contribution in [-0.2, 0) is 9.59 Å². The third kappa shape index (κ3) is 2.62. The lowest BCUT2D eigenvalue weighted by Gasteiger charge is -2.21. The number of carbonyl (C=O) groups is 2. The Hall–Kier alpha value is -2.59. The molecule has 1 atom stereocenters. The monoisotopic (exact) mass is 327 g/mol. The molecule has 116 valence electrons. The number of hydrogen-bond acceptors (Lipinski definition) is 3. The number of ketones is 1. The fraction of sp³-hybridized carbons (Fsp3) is 0.111. The lowest BCUT2D eigenvalue weighted by molar-refractivity contribution is -0.139. The summed E-state index contributed by atoms with van der Waals surface area (Å²) >= 11 is 5.90. The van der Waals surface area contributed by atoms with Crippen LogP contribution in [0.3, 0.4) is 0 Å². The predicted octanol–water partition coefficient (Wildman–Crippen LogP) is 3.39. The summed E-state index contributed by atoms with van der Waals surface area (Å²) in [5, 5.41) is 11.1. The molecule has 1 heterocycles. The van der Waals surface area contributed by atoms with Crippen molar-refractivity contribution >= 4 is 29.1 Å². The zero-order valence-electron chi connectivity index (χ0n) is 12.4. The van der Waals surface area contributed by atoms with Crippen molar-refractivity contribution in [2.45, 2.75) is 6.04 Å². The second-order valence-corrected chi connectivity index (χ2v) is 5.76. The molecule has 4 nitrogen and oxygen atoms in total. The van der Waals surface area contributed by atoms with Crippen LogP contribution in [0.15, 0.2) is 60.2 Å². The quantitative estimate of drug-likeness (QED) is 0.522. The lowest BCUT2D eigenvalue weighted by Crippen LogP contribution is -2.24. The summed E-state index contributed by atoms with van der Waals surface area (Å²) in [7, 11) is 1.55. The molecule has 0 unspecified atom stereocenters. The smallest absolute Gasteiger partial charge is 0.295 e. The van der Waals surface area contributed by atoms with Crippen molar-refractivity contribution in [2.24, 2.45) is 0 Å². The Labute approximate surface area is 138 Å². The molecule has 2 aromatic carbocycles. The predicted molar refractivity (Wildman–Crippen MR) is 88.0 cm³/mol. The van der Waals surface area contributed by atoms with Gasteiger partial charge in [-0.3, -0.25) is 9.59 Å². The fourth-order valence-electron chi connectivity index (χ4n) is 2.73. The van der Waals surface area contributed by atoms with Gasteiger partial charge in [0, 0.05) is 17.6 Å². The molecule has 5 heteroatoms. The molecule has 1 aliphatic heterocycles. The van der Waals surface area contributed by atoms with E-state index in [1.54, 1.807) is 55.6 Å². The van der Waals surface area contributed by atoms with E-state index in [0.29, 0.717) is 16.1 Å². The molecule has 0 spiro atoms. The number of Topliss-reactive ketones (excluding diaryl/α,β-unsaturated/α-hetero) is 1. The van der Waals surface area contributed by atoms with Crippen molar-refractivity contribution in [3.8, 4) is 0 Å². The average Bonchev–Trinajstić information content (AvgIpc) is 2.80. The maximum absolute atomic E-state index is 12.3. The Kier molecular flexibility index (Phi) is 3.92. The Morgan fingerprint density at radius 2 is 1.65 bits per heavy atom. The standard InChI is InChI=1S/C18H14ClNO3/c1-20-15(11-7-9-13(19)10-8-11)14(17(22)18(20)23)16(21)12-5-3-2-4-6-12/h2-10,15,21H,1H3/b16-14+/t15-/m1/s1. The van der Waals surface area contributed by atoms with E-state index in [9.17, 15) is 14.7 Å². The largest absolute Gasteiger partial charge is 0.507 e. The minimum absolute atomic E-state index is 0.0889. The zero-order valence-corrected chi connectivity index (χ0v) is 13.1. The first-order valence-corrected chi connectivity index (χ1v) is 7.44. The van der Waals surface area contributed by atoms with Gasteiger partial charge in [-0.05, 0) is 17.7 Å². The van der Waals surface area contributed by atoms with E-state index in [2.05, 4.69) is 0 Å². The van der Waals surface area contributed by atoms with E-state index in [-0.39, 0.29) is 11.3 Å². The number of nitrogens with zero attached hydrogens (tertiary/aromatic N) is 1. The number of rotatable bonds is 2. The lowest BCUT2D eigenvalue weighted by atomic mass is 9.95. The van der Waals surface area contributed by atoms with Crippen LogP contribution in [0.1, 0.15) is 17.2 Å². The summed E-state index contributed by atoms with van der Waals surface area (Å²) in [6.45, 7) is 0. The molecule has 0 aromatic heterocycles. The van der Waals surface area contributed by atoms with Gasteiger partial charge in [0.05, 0.1) is 11.6 Å². The maximum Gasteiger partial charge on any atom is 0.295 e. The van der Waals surface area contributed by atoms with E-state index in [4.69, 9.17) is 11.6 Å². The van der Waals surface area contributed by atoms with Crippen molar-refractivity contribution < 1.29 is 14.7 Å². The molecule has 0 aliphatic carbocycles. The molecule has 0 radical (unpaired) electrons. The Morgan fingerprint density at radius 1 is 1.04 bits per heavy atom. The third-order valence-corrected chi connectivity index (χ3v) is 4.16. The van der Waals surface area contributed by atoms with Gasteiger partial charge < -0.3 is 10.0 Å². The highest BCUT2D eigenvalue weighted by atomic mass is 35.5. The van der Waals surface area contributed by atoms with Crippen LogP contribution in [0.25, 0.3) is 5.76 Å². The molecule has 2 aromatic rings. The molecule has 23 heavy (non-hydrogen) atoms. The van der Waals surface area contributed by atoms with Crippen LogP contribution >= 0.6 is 11.6 Å². The summed E-state index contributed by atoms with van der Waals surface area (Å²) in [6, 6.07) is 14.9. The van der Waals surface area contributed by atoms with Crippen molar-refractivity contribution in [3.63, 3.8) is 0 Å². The molecule has 1 N–H and O–H groups in total. The van der Waals surface area contributed by atoms with Gasteiger partial charge in [-0.2, -0.15) is 0 Å². The van der Waals surface area contributed by atoms with Gasteiger partial charge in [0.1, 0.15) is 5.76 Å². The van der Waals surface area contributed by atoms with Gasteiger partial charge in [0.2, 0.25) is 0 Å². The van der Waals surface area contributed by atoms with Crippen LogP contribution in [0.5, 0.6) is 0 Å². The molecule has 0 bridgehead atoms. The van der Waals surface area contributed by atoms with Gasteiger partial charge in [-0.15, -0.1) is 0 Å². The van der Waals surface area contributed by atoms with Gasteiger partial charge >= 0.3 is 0 Å². The van der Waals surface area contributed by atoms with Gasteiger partial charge in [0.15, 0.2) is 0 Å². The van der Waals surface area contributed by atoms with Gasteiger partial charge in [-0.25, -0.2) is 0 Å². The minimum atomic E-state index is -0.686. The highest BCUT2D eigenvalue weighted by Crippen LogP contribution is 2.38. The molecule has 1 saturated heterocycles. The van der Waals surface area contributed by atoms with Gasteiger partial charge in [-0.1, -0.05) is 54.1 Å². The molecule has 1 amide bonds. The summed E-state index contributed by atoms with van der Waals surface area (Å²) < 4.78 is 0. The summed E-state index contributed by atoms with van der Waals surface area (Å²) in [5.74, 6) is -1.50. The van der Waals surface area contributed by atoms with Crippen LogP contribution in [0.4, 0.5) is 0 Å². The van der Waals surface area contributed by atoms with Crippen LogP contribution in [-0.4, -0.2) is 28.7 Å². The molecular formula is C18H14ClNO3. The zero-order chi connectivity index (χ0) is 16.6. The fourth-order valence-corrected chi connectivity index (χ4v) is 2.86. The van der Waals surface area contributed by atoms with E-state index in [1.165, 1.54) is 4.90 Å². The highest BCUT2D eigenvalue weighted by molar-refractivity contribution is 6.46. The third-order valence-electron chi connectivity index (χ3n) is 3.91. The topological polar surface area (TPSA) is 57.6 Å². The van der Waals surface area contributed by atoms with Crippen molar-refractivity contribution in [2.75, 3.05) is 7.05 Å². The molecular weight excluding hydrogens is 314 g/mol. The first kappa shape index (κ1) is 15.3. The van der Waals surface area contributed by atoms with Gasteiger partial charge in [0.25, 0.3) is 11.7 Å². The number of likely N-dealkylation sites (tertiary alicyclic amines) is 1. The number of likely N-dealkylation sites (N-methyl/N-ethyl adjacent to an activating group) is 1. The van der Waals surface area contributed by atoms with Crippen molar-refractivity contribution in [3.05, 3.63) is 76.3 Å². The van der Waals surface area contributed by atoms with E-state index >= 15 is 0 Å². The number of amides is 1. The number of carbonyl (C=O) groups excluding carboxylic acids is 2. The van der Waals surface area contributed by atoms with E-state index < -0.39 is 17.7 Å². The second kappa shape index (κ2) is 5.89. The number of aliphatic hydroxyl groups is 1. The Morgan fingerprint density at radius 3 is 2.26 bits per heavy atom. The van der Waals surface area contributed by atoms with Crippen LogP contribution < -0.4 is 0 Å². The number of aliphatic hydroxyl groups excluding tert-OH is 1. The average molecular weight is 328 g/mol. The van der Waals surface area contributed by atoms with E-state index in [0.717, 1.165) is 0 Å². The summed E-state index contributed by atoms with van der Waals surface area (Å²) in [6.07, 6.45) is 0. The minimum Gasteiger partial charge on any atom is -0.507 e. The highest BCUT2D eigenvalue weighted by Gasteiger charge is 2.44. The SMILES string of the molecule is CN1C(=O)C(=O)/C(=C(/O)c2ccccc2)[C@H]1c1ccc(Cl)cc1. The number of hydrogen-bond donors (Lipinski definition) is 1. The van der Waals surface area contributed by atoms with E-state index in [1.807, 2.05) is 6.07 Å². The number of benzene rings is 2. The maximum atomic E-state index is 12.3. The molecule has 0 saturated carbocycles. The summed E-state index contributed by atoms with van der Waals surface area (Å²) in [5.41, 5.74) is 1.30. The second-order valence-electron chi connectivity index (χ2n) is 5.33. The Balaban J connectivity index is 2.17. The number of halogens is 1. The van der Waals surface area contributed by atoms with Crippen LogP contribution in [0.2, 0.25) is 5.02 Å². The van der Waals surface area contributed by atoms with Crippen molar-refractivity contribution in [1.82, 2.24) is 4.90 Å². The first-order chi connectivity index (χ1) is 11.0. The Bertz CT molecular complexity index is 797. The molecule has 3 rings (SSSR count). The summed E-state index contributed by atoms with van der Waals surface area (Å²) in [4.78, 5) is 25.8. The van der Waals surface area contributed by atoms with Crippen molar-refractivity contribution in [1.29, 1.82) is 0 Å². The normalized spacial score (nSPS) is 20.1. The first-order valence-electron chi connectivity index (χ1n) is 7.06. The molecule has 1 aliphatic rings. The van der Waals surface area contributed by atoms with Crippen LogP contribution in [0, 0.1) is 0 Å². The molecule has 1 fully saturated rings.